The van der Waals surface area contributed by atoms with Gasteiger partial charge in [0, 0.05) is 31.4 Å². The molecule has 3 aromatic carbocycles. The minimum absolute atomic E-state index is 0.137. The number of hydrogen-bond acceptors (Lipinski definition) is 3. The number of para-hydroxylation sites is 1. The largest absolute Gasteiger partial charge is 0.480 e. The SMILES string of the molecule is CCCCCCCNC(=O)N(C)c1cccc(-c2ccc(C[C@H](NC(=O)Nc3ccccc3)C(=O)O)cc2)c1. The number of anilines is 2. The molecule has 0 spiro atoms. The van der Waals surface area contributed by atoms with Gasteiger partial charge in [-0.2, -0.15) is 0 Å². The van der Waals surface area contributed by atoms with Crippen molar-refractivity contribution in [3.05, 3.63) is 84.4 Å². The Morgan fingerprint density at radius 1 is 0.846 bits per heavy atom. The van der Waals surface area contributed by atoms with E-state index in [4.69, 9.17) is 0 Å². The second-order valence-corrected chi connectivity index (χ2v) is 9.51. The molecule has 0 aromatic heterocycles. The molecular weight excluding hydrogens is 492 g/mol. The monoisotopic (exact) mass is 530 g/mol. The van der Waals surface area contributed by atoms with E-state index in [0.717, 1.165) is 35.2 Å². The molecule has 8 heteroatoms. The normalized spacial score (nSPS) is 11.3. The third kappa shape index (κ3) is 9.48. The van der Waals surface area contributed by atoms with Crippen LogP contribution < -0.4 is 20.9 Å². The molecule has 3 rings (SSSR count). The Labute approximate surface area is 230 Å². The van der Waals surface area contributed by atoms with Crippen molar-refractivity contribution in [1.82, 2.24) is 10.6 Å². The Morgan fingerprint density at radius 3 is 2.26 bits per heavy atom. The van der Waals surface area contributed by atoms with Crippen molar-refractivity contribution in [3.63, 3.8) is 0 Å². The molecule has 0 saturated carbocycles. The average Bonchev–Trinajstić information content (AvgIpc) is 2.95. The number of benzene rings is 3. The third-order valence-corrected chi connectivity index (χ3v) is 6.46. The highest BCUT2D eigenvalue weighted by molar-refractivity contribution is 5.93. The van der Waals surface area contributed by atoms with Crippen LogP contribution in [-0.2, 0) is 11.2 Å². The van der Waals surface area contributed by atoms with Crippen molar-refractivity contribution in [2.45, 2.75) is 51.5 Å². The number of carboxylic acid groups (broad SMARTS) is 1. The van der Waals surface area contributed by atoms with Crippen LogP contribution in [0.3, 0.4) is 0 Å². The van der Waals surface area contributed by atoms with Gasteiger partial charge >= 0.3 is 18.0 Å². The van der Waals surface area contributed by atoms with Crippen LogP contribution >= 0.6 is 0 Å². The predicted molar refractivity (Wildman–Crippen MR) is 156 cm³/mol. The third-order valence-electron chi connectivity index (χ3n) is 6.46. The lowest BCUT2D eigenvalue weighted by atomic mass is 10.00. The highest BCUT2D eigenvalue weighted by atomic mass is 16.4. The van der Waals surface area contributed by atoms with Gasteiger partial charge in [0.15, 0.2) is 0 Å². The van der Waals surface area contributed by atoms with Gasteiger partial charge in [0.25, 0.3) is 0 Å². The molecular formula is C31H38N4O4. The average molecular weight is 531 g/mol. The van der Waals surface area contributed by atoms with E-state index in [1.54, 1.807) is 36.2 Å². The quantitative estimate of drug-likeness (QED) is 0.195. The Balaban J connectivity index is 1.57. The number of carbonyl (C=O) groups is 3. The lowest BCUT2D eigenvalue weighted by Gasteiger charge is -2.19. The number of urea groups is 2. The second kappa shape index (κ2) is 15.2. The molecule has 3 aromatic rings. The molecule has 4 amide bonds. The first-order valence-corrected chi connectivity index (χ1v) is 13.4. The smallest absolute Gasteiger partial charge is 0.326 e. The summed E-state index contributed by atoms with van der Waals surface area (Å²) in [6, 6.07) is 22.3. The fourth-order valence-corrected chi connectivity index (χ4v) is 4.17. The molecule has 0 radical (unpaired) electrons. The van der Waals surface area contributed by atoms with Crippen molar-refractivity contribution < 1.29 is 19.5 Å². The molecule has 0 saturated heterocycles. The topological polar surface area (TPSA) is 111 Å². The predicted octanol–water partition coefficient (Wildman–Crippen LogP) is 6.29. The Hall–Kier alpha value is -4.33. The molecule has 0 heterocycles. The zero-order valence-corrected chi connectivity index (χ0v) is 22.7. The molecule has 0 fully saturated rings. The fraction of sp³-hybridized carbons (Fsp3) is 0.323. The molecule has 0 aliphatic rings. The standard InChI is InChI=1S/C31H38N4O4/c1-3-4-5-6-10-20-32-31(39)35(2)27-15-11-12-25(22-27)24-18-16-23(17-19-24)21-28(29(36)37)34-30(38)33-26-13-8-7-9-14-26/h7-9,11-19,22,28H,3-6,10,20-21H2,1-2H3,(H,32,39)(H,36,37)(H2,33,34,38)/t28-/m0/s1. The van der Waals surface area contributed by atoms with Crippen LogP contribution in [0.1, 0.15) is 44.6 Å². The van der Waals surface area contributed by atoms with E-state index in [0.29, 0.717) is 12.2 Å². The fourth-order valence-electron chi connectivity index (χ4n) is 4.17. The minimum atomic E-state index is -1.11. The first-order valence-electron chi connectivity index (χ1n) is 13.4. The summed E-state index contributed by atoms with van der Waals surface area (Å²) >= 11 is 0. The highest BCUT2D eigenvalue weighted by Gasteiger charge is 2.20. The van der Waals surface area contributed by atoms with E-state index in [-0.39, 0.29) is 12.5 Å². The van der Waals surface area contributed by atoms with Crippen LogP contribution in [0.5, 0.6) is 0 Å². The summed E-state index contributed by atoms with van der Waals surface area (Å²) in [6.07, 6.45) is 5.85. The van der Waals surface area contributed by atoms with E-state index >= 15 is 0 Å². The summed E-state index contributed by atoms with van der Waals surface area (Å²) in [6.45, 7) is 2.84. The van der Waals surface area contributed by atoms with Crippen molar-refractivity contribution in [1.29, 1.82) is 0 Å². The zero-order valence-electron chi connectivity index (χ0n) is 22.7. The summed E-state index contributed by atoms with van der Waals surface area (Å²) in [7, 11) is 1.75. The van der Waals surface area contributed by atoms with Gasteiger partial charge in [-0.15, -0.1) is 0 Å². The van der Waals surface area contributed by atoms with E-state index in [2.05, 4.69) is 22.9 Å². The van der Waals surface area contributed by atoms with Gasteiger partial charge < -0.3 is 21.1 Å². The molecule has 8 nitrogen and oxygen atoms in total. The van der Waals surface area contributed by atoms with Crippen LogP contribution in [0.25, 0.3) is 11.1 Å². The molecule has 1 atom stereocenters. The van der Waals surface area contributed by atoms with E-state index in [9.17, 15) is 19.5 Å². The summed E-state index contributed by atoms with van der Waals surface area (Å²) < 4.78 is 0. The first kappa shape index (κ1) is 29.2. The van der Waals surface area contributed by atoms with E-state index < -0.39 is 18.0 Å². The lowest BCUT2D eigenvalue weighted by molar-refractivity contribution is -0.139. The van der Waals surface area contributed by atoms with Gasteiger partial charge in [-0.25, -0.2) is 14.4 Å². The van der Waals surface area contributed by atoms with Gasteiger partial charge in [0.1, 0.15) is 6.04 Å². The number of nitrogens with one attached hydrogen (secondary N) is 3. The molecule has 0 aliphatic carbocycles. The first-order chi connectivity index (χ1) is 18.9. The van der Waals surface area contributed by atoms with Crippen LogP contribution in [0.15, 0.2) is 78.9 Å². The molecule has 0 bridgehead atoms. The molecule has 4 N–H and O–H groups in total. The summed E-state index contributed by atoms with van der Waals surface area (Å²) in [5.41, 5.74) is 4.01. The van der Waals surface area contributed by atoms with Crippen molar-refractivity contribution in [3.8, 4) is 11.1 Å². The van der Waals surface area contributed by atoms with E-state index in [1.807, 2.05) is 54.6 Å². The Morgan fingerprint density at radius 2 is 1.56 bits per heavy atom. The second-order valence-electron chi connectivity index (χ2n) is 9.51. The number of unbranched alkanes of at least 4 members (excludes halogenated alkanes) is 4. The molecule has 0 aliphatic heterocycles. The summed E-state index contributed by atoms with van der Waals surface area (Å²) in [5.74, 6) is -1.11. The van der Waals surface area contributed by atoms with E-state index in [1.165, 1.54) is 19.3 Å². The summed E-state index contributed by atoms with van der Waals surface area (Å²) in [4.78, 5) is 38.3. The van der Waals surface area contributed by atoms with Gasteiger partial charge in [0.2, 0.25) is 0 Å². The van der Waals surface area contributed by atoms with Gasteiger partial charge in [-0.1, -0.05) is 87.2 Å². The van der Waals surface area contributed by atoms with Gasteiger partial charge in [-0.05, 0) is 47.4 Å². The molecule has 39 heavy (non-hydrogen) atoms. The van der Waals surface area contributed by atoms with Crippen LogP contribution in [0, 0.1) is 0 Å². The highest BCUT2D eigenvalue weighted by Crippen LogP contribution is 2.25. The Kier molecular flexibility index (Phi) is 11.4. The van der Waals surface area contributed by atoms with Crippen molar-refractivity contribution >= 4 is 29.4 Å². The van der Waals surface area contributed by atoms with Crippen LogP contribution in [0.4, 0.5) is 21.0 Å². The zero-order chi connectivity index (χ0) is 28.0. The number of amides is 4. The number of rotatable bonds is 13. The van der Waals surface area contributed by atoms with Gasteiger partial charge in [0.05, 0.1) is 0 Å². The maximum atomic E-state index is 12.6. The van der Waals surface area contributed by atoms with Crippen molar-refractivity contribution in [2.24, 2.45) is 0 Å². The maximum Gasteiger partial charge on any atom is 0.326 e. The molecule has 206 valence electrons. The minimum Gasteiger partial charge on any atom is -0.480 e. The summed E-state index contributed by atoms with van der Waals surface area (Å²) in [5, 5.41) is 17.8. The lowest BCUT2D eigenvalue weighted by Crippen LogP contribution is -2.44. The van der Waals surface area contributed by atoms with Crippen LogP contribution in [0.2, 0.25) is 0 Å². The van der Waals surface area contributed by atoms with Crippen molar-refractivity contribution in [2.75, 3.05) is 23.8 Å². The van der Waals surface area contributed by atoms with Gasteiger partial charge in [-0.3, -0.25) is 4.90 Å². The van der Waals surface area contributed by atoms with Crippen LogP contribution in [-0.4, -0.2) is 42.8 Å². The molecule has 0 unspecified atom stereocenters. The number of carbonyl (C=O) groups excluding carboxylic acids is 2. The Bertz CT molecular complexity index is 1210. The maximum absolute atomic E-state index is 12.6. The number of nitrogens with zero attached hydrogens (tertiary/aromatic N) is 1. The number of aliphatic carboxylic acids is 1. The number of carboxylic acids is 1. The number of hydrogen-bond donors (Lipinski definition) is 4.